The molecule has 1 fully saturated rings. The summed E-state index contributed by atoms with van der Waals surface area (Å²) in [4.78, 5) is 0. The van der Waals surface area contributed by atoms with Crippen molar-refractivity contribution in [3.8, 4) is 0 Å². The normalized spacial score (nSPS) is 26.0. The van der Waals surface area contributed by atoms with Crippen LogP contribution < -0.4 is 0 Å². The summed E-state index contributed by atoms with van der Waals surface area (Å²) in [6, 6.07) is 0. The largest absolute Gasteiger partial charge is 0.379 e. The molecule has 0 amide bonds. The van der Waals surface area contributed by atoms with Gasteiger partial charge in [-0.3, -0.25) is 0 Å². The average molecular weight is 461 g/mol. The Morgan fingerprint density at radius 3 is 1.47 bits per heavy atom. The van der Waals surface area contributed by atoms with E-state index in [0.717, 1.165) is 70.8 Å². The predicted octanol–water partition coefficient (Wildman–Crippen LogP) is 5.90. The van der Waals surface area contributed by atoms with E-state index in [2.05, 4.69) is 34.6 Å². The summed E-state index contributed by atoms with van der Waals surface area (Å²) in [7, 11) is 0. The molecule has 0 bridgehead atoms. The third kappa shape index (κ3) is 11.8. The topological polar surface area (TPSA) is 55.4 Å². The van der Waals surface area contributed by atoms with E-state index in [0.29, 0.717) is 33.0 Å². The zero-order valence-corrected chi connectivity index (χ0v) is 21.6. The van der Waals surface area contributed by atoms with Crippen LogP contribution in [-0.4, -0.2) is 70.3 Å². The summed E-state index contributed by atoms with van der Waals surface area (Å²) < 4.78 is 37.8. The third-order valence-corrected chi connectivity index (χ3v) is 5.72. The van der Waals surface area contributed by atoms with E-state index in [4.69, 9.17) is 28.4 Å². The van der Waals surface area contributed by atoms with E-state index in [1.807, 2.05) is 0 Å². The lowest BCUT2D eigenvalue weighted by molar-refractivity contribution is -0.323. The van der Waals surface area contributed by atoms with Gasteiger partial charge in [-0.15, -0.1) is 0 Å². The molecule has 1 rings (SSSR count). The average Bonchev–Trinajstić information content (AvgIpc) is 2.80. The molecule has 0 saturated carbocycles. The van der Waals surface area contributed by atoms with Crippen molar-refractivity contribution in [1.29, 1.82) is 0 Å². The predicted molar refractivity (Wildman–Crippen MR) is 129 cm³/mol. The van der Waals surface area contributed by atoms with Crippen molar-refractivity contribution >= 4 is 0 Å². The third-order valence-electron chi connectivity index (χ3n) is 5.72. The van der Waals surface area contributed by atoms with Crippen molar-refractivity contribution in [2.24, 2.45) is 0 Å². The van der Waals surface area contributed by atoms with Gasteiger partial charge in [0.25, 0.3) is 0 Å². The van der Waals surface area contributed by atoms with Crippen molar-refractivity contribution in [2.75, 3.05) is 39.6 Å². The minimum atomic E-state index is -0.462. The van der Waals surface area contributed by atoms with Gasteiger partial charge in [-0.25, -0.2) is 0 Å². The van der Waals surface area contributed by atoms with Crippen LogP contribution in [0.1, 0.15) is 98.8 Å². The van der Waals surface area contributed by atoms with Gasteiger partial charge < -0.3 is 28.4 Å². The Kier molecular flexibility index (Phi) is 18.8. The van der Waals surface area contributed by atoms with Gasteiger partial charge in [0.1, 0.15) is 24.4 Å². The van der Waals surface area contributed by atoms with Crippen molar-refractivity contribution in [3.63, 3.8) is 0 Å². The molecule has 1 heterocycles. The molecular formula is C26H52O6. The maximum Gasteiger partial charge on any atom is 0.186 e. The molecule has 0 spiro atoms. The van der Waals surface area contributed by atoms with E-state index in [9.17, 15) is 0 Å². The van der Waals surface area contributed by atoms with Crippen LogP contribution in [0.2, 0.25) is 0 Å². The van der Waals surface area contributed by atoms with Crippen LogP contribution in [0, 0.1) is 0 Å². The zero-order chi connectivity index (χ0) is 23.4. The minimum absolute atomic E-state index is 0.224. The smallest absolute Gasteiger partial charge is 0.186 e. The molecule has 0 radical (unpaired) electrons. The van der Waals surface area contributed by atoms with Crippen LogP contribution in [0.5, 0.6) is 0 Å². The molecule has 0 N–H and O–H groups in total. The molecule has 0 aromatic rings. The van der Waals surface area contributed by atoms with E-state index in [1.54, 1.807) is 0 Å². The maximum atomic E-state index is 6.46. The standard InChI is InChI=1S/C26H52O6/c1-6-11-16-27-21-22-23(28-17-12-7-2)24(29-18-13-8-3)25(30-19-14-9-4)26(32-22)31-20-15-10-5/h22-26H,6-21H2,1-5H3/t22?,23-,24?,25?,26?/m0/s1. The molecule has 1 aliphatic heterocycles. The van der Waals surface area contributed by atoms with Crippen LogP contribution in [0.15, 0.2) is 0 Å². The van der Waals surface area contributed by atoms with Crippen molar-refractivity contribution in [1.82, 2.24) is 0 Å². The summed E-state index contributed by atoms with van der Waals surface area (Å²) in [5.74, 6) is 0. The summed E-state index contributed by atoms with van der Waals surface area (Å²) in [5, 5.41) is 0. The second-order valence-electron chi connectivity index (χ2n) is 8.76. The SMILES string of the molecule is CCCCOCC1OC(OCCCC)C(OCCCC)C(OCCCC)[C@H]1OCCCC. The molecule has 0 aromatic carbocycles. The second kappa shape index (κ2) is 20.2. The van der Waals surface area contributed by atoms with E-state index in [-0.39, 0.29) is 24.4 Å². The van der Waals surface area contributed by atoms with E-state index >= 15 is 0 Å². The van der Waals surface area contributed by atoms with Gasteiger partial charge in [0.15, 0.2) is 6.29 Å². The minimum Gasteiger partial charge on any atom is -0.379 e. The van der Waals surface area contributed by atoms with Crippen LogP contribution >= 0.6 is 0 Å². The number of hydrogen-bond acceptors (Lipinski definition) is 6. The van der Waals surface area contributed by atoms with Gasteiger partial charge >= 0.3 is 0 Å². The Labute approximate surface area is 198 Å². The Morgan fingerprint density at radius 1 is 0.500 bits per heavy atom. The van der Waals surface area contributed by atoms with Gasteiger partial charge in [0, 0.05) is 33.0 Å². The Morgan fingerprint density at radius 2 is 0.938 bits per heavy atom. The molecule has 5 atom stereocenters. The highest BCUT2D eigenvalue weighted by Crippen LogP contribution is 2.30. The number of unbranched alkanes of at least 4 members (excludes halogenated alkanes) is 5. The highest BCUT2D eigenvalue weighted by Gasteiger charge is 2.48. The van der Waals surface area contributed by atoms with E-state index in [1.165, 1.54) is 0 Å². The summed E-state index contributed by atoms with van der Waals surface area (Å²) in [5.41, 5.74) is 0. The Bertz CT molecular complexity index is 408. The Balaban J connectivity index is 3.03. The van der Waals surface area contributed by atoms with Crippen LogP contribution in [-0.2, 0) is 28.4 Å². The molecule has 1 aliphatic rings. The van der Waals surface area contributed by atoms with Gasteiger partial charge in [0.05, 0.1) is 6.61 Å². The first-order chi connectivity index (χ1) is 15.7. The van der Waals surface area contributed by atoms with Gasteiger partial charge in [0.2, 0.25) is 0 Å². The molecular weight excluding hydrogens is 408 g/mol. The van der Waals surface area contributed by atoms with Crippen LogP contribution in [0.4, 0.5) is 0 Å². The molecule has 1 saturated heterocycles. The first-order valence-corrected chi connectivity index (χ1v) is 13.4. The first-order valence-electron chi connectivity index (χ1n) is 13.4. The van der Waals surface area contributed by atoms with Gasteiger partial charge in [-0.1, -0.05) is 66.7 Å². The number of hydrogen-bond donors (Lipinski definition) is 0. The molecule has 6 nitrogen and oxygen atoms in total. The fourth-order valence-corrected chi connectivity index (χ4v) is 3.59. The fourth-order valence-electron chi connectivity index (χ4n) is 3.59. The maximum absolute atomic E-state index is 6.46. The van der Waals surface area contributed by atoms with Crippen LogP contribution in [0.3, 0.4) is 0 Å². The number of ether oxygens (including phenoxy) is 6. The lowest BCUT2D eigenvalue weighted by Gasteiger charge is -2.46. The molecule has 32 heavy (non-hydrogen) atoms. The lowest BCUT2D eigenvalue weighted by atomic mass is 9.98. The van der Waals surface area contributed by atoms with Gasteiger partial charge in [-0.05, 0) is 32.1 Å². The van der Waals surface area contributed by atoms with Crippen molar-refractivity contribution in [3.05, 3.63) is 0 Å². The molecule has 0 aromatic heterocycles. The summed E-state index contributed by atoms with van der Waals surface area (Å²) in [6.45, 7) is 14.8. The van der Waals surface area contributed by atoms with E-state index < -0.39 is 6.29 Å². The molecule has 4 unspecified atom stereocenters. The highest BCUT2D eigenvalue weighted by atomic mass is 16.7. The molecule has 6 heteroatoms. The van der Waals surface area contributed by atoms with Crippen molar-refractivity contribution in [2.45, 2.75) is 130 Å². The van der Waals surface area contributed by atoms with Crippen LogP contribution in [0.25, 0.3) is 0 Å². The lowest BCUT2D eigenvalue weighted by Crippen LogP contribution is -2.62. The zero-order valence-electron chi connectivity index (χ0n) is 21.6. The highest BCUT2D eigenvalue weighted by molar-refractivity contribution is 4.93. The molecule has 192 valence electrons. The quantitative estimate of drug-likeness (QED) is 0.199. The first kappa shape index (κ1) is 29.8. The monoisotopic (exact) mass is 460 g/mol. The van der Waals surface area contributed by atoms with Gasteiger partial charge in [-0.2, -0.15) is 0 Å². The molecule has 0 aliphatic carbocycles. The summed E-state index contributed by atoms with van der Waals surface area (Å²) in [6.07, 6.45) is 9.09. The van der Waals surface area contributed by atoms with Crippen molar-refractivity contribution < 1.29 is 28.4 Å². The Hall–Kier alpha value is -0.240. The summed E-state index contributed by atoms with van der Waals surface area (Å²) >= 11 is 0. The number of rotatable bonds is 21. The fraction of sp³-hybridized carbons (Fsp3) is 1.00. The second-order valence-corrected chi connectivity index (χ2v) is 8.76.